The number of alkyl halides is 1. The molecule has 0 saturated heterocycles. The molecule has 2 aromatic rings. The molecule has 0 radical (unpaired) electrons. The van der Waals surface area contributed by atoms with Crippen LogP contribution in [0.3, 0.4) is 0 Å². The van der Waals surface area contributed by atoms with Crippen LogP contribution in [0.25, 0.3) is 10.8 Å². The molecule has 0 unspecified atom stereocenters. The Morgan fingerprint density at radius 1 is 1.18 bits per heavy atom. The molecule has 0 heterocycles. The Morgan fingerprint density at radius 2 is 1.88 bits per heavy atom. The van der Waals surface area contributed by atoms with E-state index in [9.17, 15) is 0 Å². The summed E-state index contributed by atoms with van der Waals surface area (Å²) in [5, 5.41) is 2.57. The number of fused-ring (bicyclic) bond motifs is 1. The van der Waals surface area contributed by atoms with Crippen LogP contribution in [0.1, 0.15) is 5.56 Å². The first-order chi connectivity index (χ1) is 8.22. The lowest BCUT2D eigenvalue weighted by molar-refractivity contribution is 0.417. The lowest BCUT2D eigenvalue weighted by Crippen LogP contribution is -2.17. The van der Waals surface area contributed by atoms with Gasteiger partial charge in [-0.15, -0.1) is 11.6 Å². The van der Waals surface area contributed by atoms with E-state index in [-0.39, 0.29) is 0 Å². The first-order valence-corrected chi connectivity index (χ1v) is 6.17. The van der Waals surface area contributed by atoms with E-state index in [0.29, 0.717) is 5.88 Å². The van der Waals surface area contributed by atoms with Gasteiger partial charge in [0, 0.05) is 19.3 Å². The van der Waals surface area contributed by atoms with Crippen molar-refractivity contribution in [2.75, 3.05) is 12.9 Å². The minimum absolute atomic E-state index is 0.473. The fourth-order valence-corrected chi connectivity index (χ4v) is 2.10. The predicted molar refractivity (Wildman–Crippen MR) is 75.3 cm³/mol. The van der Waals surface area contributed by atoms with Crippen LogP contribution in [0, 0.1) is 0 Å². The van der Waals surface area contributed by atoms with Gasteiger partial charge in [-0.2, -0.15) is 0 Å². The number of hydrogen-bond acceptors (Lipinski definition) is 1. The van der Waals surface area contributed by atoms with Crippen molar-refractivity contribution in [1.82, 2.24) is 4.90 Å². The third-order valence-corrected chi connectivity index (χ3v) is 3.29. The van der Waals surface area contributed by atoms with E-state index in [1.807, 2.05) is 7.05 Å². The molecule has 0 spiro atoms. The molecule has 0 aliphatic rings. The summed E-state index contributed by atoms with van der Waals surface area (Å²) in [6, 6.07) is 14.8. The summed E-state index contributed by atoms with van der Waals surface area (Å²) in [5.74, 6) is 0.473. The second kappa shape index (κ2) is 5.24. The third kappa shape index (κ3) is 2.62. The van der Waals surface area contributed by atoms with Crippen LogP contribution >= 0.6 is 11.6 Å². The van der Waals surface area contributed by atoms with E-state index < -0.39 is 0 Å². The zero-order chi connectivity index (χ0) is 12.3. The number of rotatable bonds is 4. The van der Waals surface area contributed by atoms with Gasteiger partial charge in [-0.05, 0) is 16.3 Å². The Labute approximate surface area is 107 Å². The Kier molecular flexibility index (Phi) is 3.70. The number of benzene rings is 2. The molecule has 0 aliphatic heterocycles. The molecular formula is C15H16ClN. The van der Waals surface area contributed by atoms with E-state index in [4.69, 9.17) is 11.6 Å². The highest BCUT2D eigenvalue weighted by Crippen LogP contribution is 2.20. The first-order valence-electron chi connectivity index (χ1n) is 5.64. The normalized spacial score (nSPS) is 10.5. The van der Waals surface area contributed by atoms with Crippen molar-refractivity contribution in [3.8, 4) is 0 Å². The smallest absolute Gasteiger partial charge is 0.0617 e. The van der Waals surface area contributed by atoms with E-state index >= 15 is 0 Å². The summed E-state index contributed by atoms with van der Waals surface area (Å²) in [6.45, 7) is 4.78. The molecular weight excluding hydrogens is 230 g/mol. The summed E-state index contributed by atoms with van der Waals surface area (Å²) in [6.07, 6.45) is 0. The molecule has 2 aromatic carbocycles. The summed E-state index contributed by atoms with van der Waals surface area (Å²) >= 11 is 5.79. The summed E-state index contributed by atoms with van der Waals surface area (Å²) in [5.41, 5.74) is 2.25. The fraction of sp³-hybridized carbons (Fsp3) is 0.200. The topological polar surface area (TPSA) is 3.24 Å². The number of allylic oxidation sites excluding steroid dienone is 1. The van der Waals surface area contributed by atoms with Gasteiger partial charge >= 0.3 is 0 Å². The Bertz CT molecular complexity index is 528. The molecule has 0 atom stereocenters. The standard InChI is InChI=1S/C15H16ClN/c1-12(10-16)17(2)11-14-8-5-7-13-6-3-4-9-15(13)14/h3-9H,1,10-11H2,2H3. The van der Waals surface area contributed by atoms with Crippen LogP contribution in [-0.2, 0) is 6.54 Å². The van der Waals surface area contributed by atoms with Crippen LogP contribution in [0.4, 0.5) is 0 Å². The molecule has 88 valence electrons. The molecule has 0 N–H and O–H groups in total. The monoisotopic (exact) mass is 245 g/mol. The summed E-state index contributed by atoms with van der Waals surface area (Å²) in [4.78, 5) is 2.09. The van der Waals surface area contributed by atoms with Gasteiger partial charge in [0.15, 0.2) is 0 Å². The zero-order valence-corrected chi connectivity index (χ0v) is 10.7. The van der Waals surface area contributed by atoms with Crippen molar-refractivity contribution in [3.05, 3.63) is 60.3 Å². The van der Waals surface area contributed by atoms with Gasteiger partial charge in [0.2, 0.25) is 0 Å². The Balaban J connectivity index is 2.33. The van der Waals surface area contributed by atoms with Crippen molar-refractivity contribution in [3.63, 3.8) is 0 Å². The Hall–Kier alpha value is -1.47. The molecule has 17 heavy (non-hydrogen) atoms. The highest BCUT2D eigenvalue weighted by molar-refractivity contribution is 6.19. The summed E-state index contributed by atoms with van der Waals surface area (Å²) < 4.78 is 0. The third-order valence-electron chi connectivity index (χ3n) is 2.98. The number of nitrogens with zero attached hydrogens (tertiary/aromatic N) is 1. The maximum atomic E-state index is 5.79. The lowest BCUT2D eigenvalue weighted by Gasteiger charge is -2.21. The second-order valence-electron chi connectivity index (χ2n) is 4.19. The molecule has 1 nitrogen and oxygen atoms in total. The molecule has 0 fully saturated rings. The molecule has 0 aliphatic carbocycles. The maximum absolute atomic E-state index is 5.79. The molecule has 0 amide bonds. The molecule has 0 saturated carbocycles. The van der Waals surface area contributed by atoms with E-state index in [1.165, 1.54) is 16.3 Å². The predicted octanol–water partition coefficient (Wildman–Crippen LogP) is 4.02. The maximum Gasteiger partial charge on any atom is 0.0617 e. The second-order valence-corrected chi connectivity index (χ2v) is 4.46. The lowest BCUT2D eigenvalue weighted by atomic mass is 10.0. The largest absolute Gasteiger partial charge is 0.373 e. The number of hydrogen-bond donors (Lipinski definition) is 0. The van der Waals surface area contributed by atoms with Crippen molar-refractivity contribution in [2.24, 2.45) is 0 Å². The highest BCUT2D eigenvalue weighted by Gasteiger charge is 2.05. The van der Waals surface area contributed by atoms with E-state index in [0.717, 1.165) is 12.2 Å². The van der Waals surface area contributed by atoms with Crippen LogP contribution < -0.4 is 0 Å². The Morgan fingerprint density at radius 3 is 2.65 bits per heavy atom. The number of halogens is 1. The fourth-order valence-electron chi connectivity index (χ4n) is 1.90. The van der Waals surface area contributed by atoms with Crippen LogP contribution in [0.2, 0.25) is 0 Å². The average molecular weight is 246 g/mol. The van der Waals surface area contributed by atoms with Crippen molar-refractivity contribution < 1.29 is 0 Å². The minimum Gasteiger partial charge on any atom is -0.373 e. The van der Waals surface area contributed by atoms with Crippen molar-refractivity contribution in [1.29, 1.82) is 0 Å². The molecule has 2 heteroatoms. The first kappa shape index (κ1) is 12.0. The molecule has 0 aromatic heterocycles. The average Bonchev–Trinajstić information content (AvgIpc) is 2.38. The van der Waals surface area contributed by atoms with E-state index in [2.05, 4.69) is 53.9 Å². The highest BCUT2D eigenvalue weighted by atomic mass is 35.5. The van der Waals surface area contributed by atoms with Gasteiger partial charge in [-0.1, -0.05) is 49.0 Å². The van der Waals surface area contributed by atoms with Gasteiger partial charge in [0.25, 0.3) is 0 Å². The van der Waals surface area contributed by atoms with Gasteiger partial charge in [-0.25, -0.2) is 0 Å². The van der Waals surface area contributed by atoms with Gasteiger partial charge in [0.1, 0.15) is 0 Å². The van der Waals surface area contributed by atoms with E-state index in [1.54, 1.807) is 0 Å². The van der Waals surface area contributed by atoms with Crippen LogP contribution in [-0.4, -0.2) is 17.8 Å². The zero-order valence-electron chi connectivity index (χ0n) is 9.99. The van der Waals surface area contributed by atoms with Crippen molar-refractivity contribution >= 4 is 22.4 Å². The van der Waals surface area contributed by atoms with Crippen LogP contribution in [0.5, 0.6) is 0 Å². The quantitative estimate of drug-likeness (QED) is 0.736. The minimum atomic E-state index is 0.473. The van der Waals surface area contributed by atoms with Gasteiger partial charge in [0.05, 0.1) is 5.88 Å². The van der Waals surface area contributed by atoms with Crippen molar-refractivity contribution in [2.45, 2.75) is 6.54 Å². The van der Waals surface area contributed by atoms with Crippen LogP contribution in [0.15, 0.2) is 54.7 Å². The molecule has 2 rings (SSSR count). The van der Waals surface area contributed by atoms with Gasteiger partial charge < -0.3 is 4.90 Å². The van der Waals surface area contributed by atoms with Gasteiger partial charge in [-0.3, -0.25) is 0 Å². The molecule has 0 bridgehead atoms. The SMILES string of the molecule is C=C(CCl)N(C)Cc1cccc2ccccc12. The summed E-state index contributed by atoms with van der Waals surface area (Å²) in [7, 11) is 2.02.